The van der Waals surface area contributed by atoms with Crippen LogP contribution in [0.5, 0.6) is 5.75 Å². The summed E-state index contributed by atoms with van der Waals surface area (Å²) in [6, 6.07) is 7.41. The van der Waals surface area contributed by atoms with Gasteiger partial charge in [0.25, 0.3) is 0 Å². The predicted octanol–water partition coefficient (Wildman–Crippen LogP) is 1.88. The average molecular weight is 306 g/mol. The zero-order chi connectivity index (χ0) is 15.2. The van der Waals surface area contributed by atoms with Crippen LogP contribution in [0.4, 0.5) is 0 Å². The SMILES string of the molecule is CC(C)OC(=O)[C@@H]1[C@H]2NC(=S)N[C@@]1(C)Oc1ccccc12. The minimum absolute atomic E-state index is 0.175. The van der Waals surface area contributed by atoms with Gasteiger partial charge in [0.1, 0.15) is 11.7 Å². The Morgan fingerprint density at radius 1 is 1.43 bits per heavy atom. The number of nitrogens with one attached hydrogen (secondary N) is 2. The van der Waals surface area contributed by atoms with E-state index in [9.17, 15) is 4.79 Å². The van der Waals surface area contributed by atoms with Crippen molar-refractivity contribution in [3.8, 4) is 5.75 Å². The number of fused-ring (bicyclic) bond motifs is 4. The maximum atomic E-state index is 12.5. The van der Waals surface area contributed by atoms with E-state index in [1.165, 1.54) is 0 Å². The Balaban J connectivity index is 2.05. The average Bonchev–Trinajstić information content (AvgIpc) is 2.35. The van der Waals surface area contributed by atoms with Gasteiger partial charge in [-0.25, -0.2) is 0 Å². The standard InChI is InChI=1S/C15H18N2O3S/c1-8(2)19-13(18)11-12-9-6-4-5-7-10(9)20-15(11,3)17-14(21)16-12/h4-8,11-12H,1-3H3,(H2,16,17,21)/t11-,12-,15-/m0/s1. The molecule has 0 unspecified atom stereocenters. The predicted molar refractivity (Wildman–Crippen MR) is 81.8 cm³/mol. The van der Waals surface area contributed by atoms with Crippen LogP contribution in [0.3, 0.4) is 0 Å². The first-order valence-electron chi connectivity index (χ1n) is 6.98. The summed E-state index contributed by atoms with van der Waals surface area (Å²) in [5, 5.41) is 6.72. The largest absolute Gasteiger partial charge is 0.467 e. The van der Waals surface area contributed by atoms with Crippen LogP contribution in [0.1, 0.15) is 32.4 Å². The zero-order valence-electron chi connectivity index (χ0n) is 12.2. The molecule has 2 heterocycles. The highest BCUT2D eigenvalue weighted by molar-refractivity contribution is 7.80. The van der Waals surface area contributed by atoms with E-state index in [0.717, 1.165) is 11.3 Å². The molecule has 0 amide bonds. The van der Waals surface area contributed by atoms with Crippen LogP contribution in [0.15, 0.2) is 24.3 Å². The molecule has 5 nitrogen and oxygen atoms in total. The summed E-state index contributed by atoms with van der Waals surface area (Å²) in [6.45, 7) is 5.49. The van der Waals surface area contributed by atoms with Gasteiger partial charge in [0.2, 0.25) is 0 Å². The van der Waals surface area contributed by atoms with Gasteiger partial charge in [0, 0.05) is 5.56 Å². The molecule has 2 aliphatic heterocycles. The summed E-state index contributed by atoms with van der Waals surface area (Å²) < 4.78 is 11.4. The molecule has 1 fully saturated rings. The Labute approximate surface area is 129 Å². The van der Waals surface area contributed by atoms with Crippen molar-refractivity contribution in [2.45, 2.75) is 38.6 Å². The lowest BCUT2D eigenvalue weighted by molar-refractivity contribution is -0.166. The van der Waals surface area contributed by atoms with E-state index in [2.05, 4.69) is 10.6 Å². The molecule has 0 aliphatic carbocycles. The summed E-state index contributed by atoms with van der Waals surface area (Å²) in [5.41, 5.74) is 0.0115. The minimum Gasteiger partial charge on any atom is -0.467 e. The number of rotatable bonds is 2. The van der Waals surface area contributed by atoms with Gasteiger partial charge in [-0.05, 0) is 39.1 Å². The zero-order valence-corrected chi connectivity index (χ0v) is 13.0. The Hall–Kier alpha value is -1.82. The normalized spacial score (nSPS) is 29.8. The van der Waals surface area contributed by atoms with Crippen LogP contribution in [0.25, 0.3) is 0 Å². The highest BCUT2D eigenvalue weighted by atomic mass is 32.1. The van der Waals surface area contributed by atoms with Crippen molar-refractivity contribution in [1.82, 2.24) is 10.6 Å². The molecule has 2 aliphatic rings. The fraction of sp³-hybridized carbons (Fsp3) is 0.467. The first kappa shape index (κ1) is 14.1. The second-order valence-corrected chi connectivity index (χ2v) is 6.19. The lowest BCUT2D eigenvalue weighted by atomic mass is 9.80. The van der Waals surface area contributed by atoms with E-state index in [-0.39, 0.29) is 18.1 Å². The van der Waals surface area contributed by atoms with E-state index in [1.54, 1.807) is 0 Å². The van der Waals surface area contributed by atoms with Crippen LogP contribution in [0.2, 0.25) is 0 Å². The molecule has 1 saturated heterocycles. The van der Waals surface area contributed by atoms with Crippen LogP contribution in [-0.4, -0.2) is 22.9 Å². The van der Waals surface area contributed by atoms with Gasteiger partial charge in [0.15, 0.2) is 10.8 Å². The molecule has 1 aromatic rings. The third-order valence-corrected chi connectivity index (χ3v) is 3.98. The highest BCUT2D eigenvalue weighted by Crippen LogP contribution is 2.45. The molecule has 0 radical (unpaired) electrons. The van der Waals surface area contributed by atoms with Crippen LogP contribution in [0, 0.1) is 5.92 Å². The molecule has 3 atom stereocenters. The van der Waals surface area contributed by atoms with Crippen molar-refractivity contribution in [3.63, 3.8) is 0 Å². The van der Waals surface area contributed by atoms with Gasteiger partial charge in [-0.3, -0.25) is 4.79 Å². The number of carbonyl (C=O) groups is 1. The topological polar surface area (TPSA) is 59.6 Å². The van der Waals surface area contributed by atoms with Gasteiger partial charge in [-0.1, -0.05) is 18.2 Å². The third-order valence-electron chi connectivity index (χ3n) is 3.76. The Morgan fingerprint density at radius 3 is 2.86 bits per heavy atom. The van der Waals surface area contributed by atoms with E-state index < -0.39 is 11.6 Å². The van der Waals surface area contributed by atoms with Gasteiger partial charge in [-0.2, -0.15) is 0 Å². The number of benzene rings is 1. The summed E-state index contributed by atoms with van der Waals surface area (Å²) in [4.78, 5) is 12.5. The third kappa shape index (κ3) is 2.33. The molecule has 0 spiro atoms. The number of carbonyl (C=O) groups excluding carboxylic acids is 1. The molecule has 2 N–H and O–H groups in total. The minimum atomic E-state index is -0.909. The van der Waals surface area contributed by atoms with Crippen molar-refractivity contribution < 1.29 is 14.3 Å². The van der Waals surface area contributed by atoms with Crippen molar-refractivity contribution in [3.05, 3.63) is 29.8 Å². The van der Waals surface area contributed by atoms with E-state index in [4.69, 9.17) is 21.7 Å². The van der Waals surface area contributed by atoms with Gasteiger partial charge < -0.3 is 20.1 Å². The number of hydrogen-bond donors (Lipinski definition) is 2. The molecule has 3 rings (SSSR count). The van der Waals surface area contributed by atoms with Crippen LogP contribution >= 0.6 is 12.2 Å². The van der Waals surface area contributed by atoms with Crippen LogP contribution in [-0.2, 0) is 9.53 Å². The Bertz CT molecular complexity index is 604. The lowest BCUT2D eigenvalue weighted by Gasteiger charge is -2.50. The maximum absolute atomic E-state index is 12.5. The number of esters is 1. The summed E-state index contributed by atoms with van der Waals surface area (Å²) >= 11 is 5.23. The summed E-state index contributed by atoms with van der Waals surface area (Å²) in [6.07, 6.45) is -0.175. The lowest BCUT2D eigenvalue weighted by Crippen LogP contribution is -2.70. The first-order chi connectivity index (χ1) is 9.90. The number of ether oxygens (including phenoxy) is 2. The molecular weight excluding hydrogens is 288 g/mol. The van der Waals surface area contributed by atoms with E-state index >= 15 is 0 Å². The highest BCUT2D eigenvalue weighted by Gasteiger charge is 2.55. The monoisotopic (exact) mass is 306 g/mol. The van der Waals surface area contributed by atoms with E-state index in [1.807, 2.05) is 45.0 Å². The van der Waals surface area contributed by atoms with E-state index in [0.29, 0.717) is 5.11 Å². The van der Waals surface area contributed by atoms with Crippen molar-refractivity contribution in [2.24, 2.45) is 5.92 Å². The fourth-order valence-corrected chi connectivity index (χ4v) is 3.28. The van der Waals surface area contributed by atoms with Gasteiger partial charge in [0.05, 0.1) is 12.1 Å². The molecule has 0 saturated carbocycles. The number of thiocarbonyl (C=S) groups is 1. The van der Waals surface area contributed by atoms with Crippen molar-refractivity contribution in [1.29, 1.82) is 0 Å². The second kappa shape index (κ2) is 4.87. The molecule has 21 heavy (non-hydrogen) atoms. The van der Waals surface area contributed by atoms with Crippen molar-refractivity contribution >= 4 is 23.3 Å². The number of hydrogen-bond acceptors (Lipinski definition) is 4. The molecule has 0 aromatic heterocycles. The fourth-order valence-electron chi connectivity index (χ4n) is 2.95. The van der Waals surface area contributed by atoms with Gasteiger partial charge >= 0.3 is 5.97 Å². The summed E-state index contributed by atoms with van der Waals surface area (Å²) in [5.74, 6) is -0.0582. The Kier molecular flexibility index (Phi) is 3.28. The first-order valence-corrected chi connectivity index (χ1v) is 7.38. The Morgan fingerprint density at radius 2 is 2.14 bits per heavy atom. The molecule has 1 aromatic carbocycles. The summed E-state index contributed by atoms with van der Waals surface area (Å²) in [7, 11) is 0. The van der Waals surface area contributed by atoms with Crippen LogP contribution < -0.4 is 15.4 Å². The molecule has 6 heteroatoms. The van der Waals surface area contributed by atoms with Gasteiger partial charge in [-0.15, -0.1) is 0 Å². The number of para-hydroxylation sites is 1. The maximum Gasteiger partial charge on any atom is 0.317 e. The quantitative estimate of drug-likeness (QED) is 0.643. The molecular formula is C15H18N2O3S. The molecule has 112 valence electrons. The molecule has 2 bridgehead atoms. The second-order valence-electron chi connectivity index (χ2n) is 5.79. The van der Waals surface area contributed by atoms with Crippen molar-refractivity contribution in [2.75, 3.05) is 0 Å². The smallest absolute Gasteiger partial charge is 0.317 e.